The molecular weight excluding hydrogens is 299 g/mol. The molecule has 112 valence electrons. The molecular formula is C17H15FN2OS. The predicted octanol–water partition coefficient (Wildman–Crippen LogP) is 3.80. The van der Waals surface area contributed by atoms with Gasteiger partial charge in [-0.3, -0.25) is 4.79 Å². The SMILES string of the molecule is O=C(NCCCc1nc2ccccc2s1)c1cccc(F)c1. The minimum absolute atomic E-state index is 0.246. The molecule has 0 radical (unpaired) electrons. The van der Waals surface area contributed by atoms with Crippen LogP contribution in [0.25, 0.3) is 10.2 Å². The lowest BCUT2D eigenvalue weighted by molar-refractivity contribution is 0.0953. The summed E-state index contributed by atoms with van der Waals surface area (Å²) in [7, 11) is 0. The molecule has 0 atom stereocenters. The van der Waals surface area contributed by atoms with Gasteiger partial charge in [-0.1, -0.05) is 18.2 Å². The number of carbonyl (C=O) groups excluding carboxylic acids is 1. The molecule has 2 aromatic carbocycles. The van der Waals surface area contributed by atoms with E-state index in [0.717, 1.165) is 23.4 Å². The number of rotatable bonds is 5. The van der Waals surface area contributed by atoms with Crippen LogP contribution in [-0.4, -0.2) is 17.4 Å². The molecule has 0 aliphatic rings. The van der Waals surface area contributed by atoms with Gasteiger partial charge in [0.15, 0.2) is 0 Å². The fraction of sp³-hybridized carbons (Fsp3) is 0.176. The first-order valence-electron chi connectivity index (χ1n) is 7.10. The number of thiazole rings is 1. The van der Waals surface area contributed by atoms with Crippen molar-refractivity contribution in [2.75, 3.05) is 6.54 Å². The van der Waals surface area contributed by atoms with Crippen LogP contribution in [-0.2, 0) is 6.42 Å². The average molecular weight is 314 g/mol. The molecule has 0 bridgehead atoms. The normalized spacial score (nSPS) is 10.8. The monoisotopic (exact) mass is 314 g/mol. The fourth-order valence-electron chi connectivity index (χ4n) is 2.20. The van der Waals surface area contributed by atoms with Crippen molar-refractivity contribution in [1.82, 2.24) is 10.3 Å². The largest absolute Gasteiger partial charge is 0.352 e. The van der Waals surface area contributed by atoms with Crippen LogP contribution < -0.4 is 5.32 Å². The molecule has 1 heterocycles. The van der Waals surface area contributed by atoms with Gasteiger partial charge in [-0.25, -0.2) is 9.37 Å². The van der Waals surface area contributed by atoms with E-state index in [9.17, 15) is 9.18 Å². The molecule has 1 aromatic heterocycles. The van der Waals surface area contributed by atoms with E-state index < -0.39 is 5.82 Å². The first kappa shape index (κ1) is 14.7. The maximum atomic E-state index is 13.1. The number of halogens is 1. The molecule has 1 amide bonds. The van der Waals surface area contributed by atoms with Gasteiger partial charge in [0.2, 0.25) is 0 Å². The Morgan fingerprint density at radius 3 is 2.86 bits per heavy atom. The van der Waals surface area contributed by atoms with Crippen molar-refractivity contribution >= 4 is 27.5 Å². The van der Waals surface area contributed by atoms with E-state index in [1.807, 2.05) is 18.2 Å². The summed E-state index contributed by atoms with van der Waals surface area (Å²) >= 11 is 1.68. The van der Waals surface area contributed by atoms with Gasteiger partial charge in [0.05, 0.1) is 15.2 Å². The lowest BCUT2D eigenvalue weighted by Crippen LogP contribution is -2.24. The third kappa shape index (κ3) is 3.49. The lowest BCUT2D eigenvalue weighted by Gasteiger charge is -2.04. The van der Waals surface area contributed by atoms with Crippen LogP contribution in [0.3, 0.4) is 0 Å². The highest BCUT2D eigenvalue weighted by Crippen LogP contribution is 2.22. The van der Waals surface area contributed by atoms with Crippen LogP contribution in [0.2, 0.25) is 0 Å². The van der Waals surface area contributed by atoms with Gasteiger partial charge in [-0.15, -0.1) is 11.3 Å². The number of aryl methyl sites for hydroxylation is 1. The van der Waals surface area contributed by atoms with Crippen molar-refractivity contribution in [3.8, 4) is 0 Å². The van der Waals surface area contributed by atoms with Crippen molar-refractivity contribution in [1.29, 1.82) is 0 Å². The third-order valence-electron chi connectivity index (χ3n) is 3.28. The van der Waals surface area contributed by atoms with Crippen molar-refractivity contribution in [3.05, 3.63) is 64.9 Å². The number of para-hydroxylation sites is 1. The van der Waals surface area contributed by atoms with E-state index in [2.05, 4.69) is 16.4 Å². The van der Waals surface area contributed by atoms with Gasteiger partial charge < -0.3 is 5.32 Å². The van der Waals surface area contributed by atoms with Gasteiger partial charge in [-0.2, -0.15) is 0 Å². The van der Waals surface area contributed by atoms with E-state index in [0.29, 0.717) is 12.1 Å². The number of carbonyl (C=O) groups is 1. The standard InChI is InChI=1S/C17H15FN2OS/c18-13-6-3-5-12(11-13)17(21)19-10-4-9-16-20-14-7-1-2-8-15(14)22-16/h1-3,5-8,11H,4,9-10H2,(H,19,21). The Bertz CT molecular complexity index is 767. The Morgan fingerprint density at radius 2 is 2.05 bits per heavy atom. The number of hydrogen-bond acceptors (Lipinski definition) is 3. The Balaban J connectivity index is 1.50. The maximum absolute atomic E-state index is 13.1. The molecule has 0 unspecified atom stereocenters. The van der Waals surface area contributed by atoms with Gasteiger partial charge in [0.1, 0.15) is 5.82 Å². The number of hydrogen-bond donors (Lipinski definition) is 1. The number of nitrogens with zero attached hydrogens (tertiary/aromatic N) is 1. The quantitative estimate of drug-likeness (QED) is 0.728. The summed E-state index contributed by atoms with van der Waals surface area (Å²) in [5, 5.41) is 3.87. The molecule has 0 fully saturated rings. The van der Waals surface area contributed by atoms with Crippen molar-refractivity contribution in [3.63, 3.8) is 0 Å². The molecule has 3 nitrogen and oxygen atoms in total. The van der Waals surface area contributed by atoms with Crippen LogP contribution in [0.4, 0.5) is 4.39 Å². The number of benzene rings is 2. The van der Waals surface area contributed by atoms with Crippen molar-refractivity contribution < 1.29 is 9.18 Å². The highest BCUT2D eigenvalue weighted by Gasteiger charge is 2.06. The third-order valence-corrected chi connectivity index (χ3v) is 4.37. The van der Waals surface area contributed by atoms with Crippen LogP contribution in [0.15, 0.2) is 48.5 Å². The number of aromatic nitrogens is 1. The van der Waals surface area contributed by atoms with Gasteiger partial charge in [-0.05, 0) is 36.8 Å². The molecule has 0 saturated heterocycles. The van der Waals surface area contributed by atoms with Crippen LogP contribution in [0, 0.1) is 5.82 Å². The van der Waals surface area contributed by atoms with E-state index >= 15 is 0 Å². The Hall–Kier alpha value is -2.27. The molecule has 22 heavy (non-hydrogen) atoms. The fourth-order valence-corrected chi connectivity index (χ4v) is 3.21. The molecule has 0 spiro atoms. The number of nitrogens with one attached hydrogen (secondary N) is 1. The van der Waals surface area contributed by atoms with Crippen LogP contribution >= 0.6 is 11.3 Å². The second-order valence-corrected chi connectivity index (χ2v) is 6.06. The summed E-state index contributed by atoms with van der Waals surface area (Å²) in [4.78, 5) is 16.4. The molecule has 3 rings (SSSR count). The molecule has 3 aromatic rings. The summed E-state index contributed by atoms with van der Waals surface area (Å²) in [6.45, 7) is 0.547. The highest BCUT2D eigenvalue weighted by molar-refractivity contribution is 7.18. The molecule has 0 saturated carbocycles. The van der Waals surface area contributed by atoms with Crippen LogP contribution in [0.5, 0.6) is 0 Å². The van der Waals surface area contributed by atoms with E-state index in [1.165, 1.54) is 22.9 Å². The molecule has 0 aliphatic carbocycles. The summed E-state index contributed by atoms with van der Waals surface area (Å²) < 4.78 is 14.2. The molecule has 5 heteroatoms. The zero-order valence-corrected chi connectivity index (χ0v) is 12.7. The lowest BCUT2D eigenvalue weighted by atomic mass is 10.2. The highest BCUT2D eigenvalue weighted by atomic mass is 32.1. The van der Waals surface area contributed by atoms with E-state index in [-0.39, 0.29) is 5.91 Å². The average Bonchev–Trinajstić information content (AvgIpc) is 2.94. The zero-order chi connectivity index (χ0) is 15.4. The first-order chi connectivity index (χ1) is 10.7. The van der Waals surface area contributed by atoms with Gasteiger partial charge >= 0.3 is 0 Å². The first-order valence-corrected chi connectivity index (χ1v) is 7.92. The Labute approximate surface area is 131 Å². The summed E-state index contributed by atoms with van der Waals surface area (Å²) in [5.41, 5.74) is 1.37. The maximum Gasteiger partial charge on any atom is 0.251 e. The summed E-state index contributed by atoms with van der Waals surface area (Å²) in [6.07, 6.45) is 1.63. The Kier molecular flexibility index (Phi) is 4.44. The van der Waals surface area contributed by atoms with E-state index in [1.54, 1.807) is 17.4 Å². The van der Waals surface area contributed by atoms with Gasteiger partial charge in [0.25, 0.3) is 5.91 Å². The minimum Gasteiger partial charge on any atom is -0.352 e. The van der Waals surface area contributed by atoms with Crippen LogP contribution in [0.1, 0.15) is 21.8 Å². The number of fused-ring (bicyclic) bond motifs is 1. The van der Waals surface area contributed by atoms with Gasteiger partial charge in [0, 0.05) is 18.5 Å². The summed E-state index contributed by atoms with van der Waals surface area (Å²) in [5.74, 6) is -0.647. The smallest absolute Gasteiger partial charge is 0.251 e. The number of amides is 1. The predicted molar refractivity (Wildman–Crippen MR) is 86.7 cm³/mol. The minimum atomic E-state index is -0.401. The van der Waals surface area contributed by atoms with Crippen molar-refractivity contribution in [2.45, 2.75) is 12.8 Å². The molecule has 0 aliphatic heterocycles. The second kappa shape index (κ2) is 6.66. The van der Waals surface area contributed by atoms with E-state index in [4.69, 9.17) is 0 Å². The van der Waals surface area contributed by atoms with Crippen molar-refractivity contribution in [2.24, 2.45) is 0 Å². The molecule has 1 N–H and O–H groups in total. The summed E-state index contributed by atoms with van der Waals surface area (Å²) in [6, 6.07) is 13.7. The second-order valence-electron chi connectivity index (χ2n) is 4.95. The topological polar surface area (TPSA) is 42.0 Å². The zero-order valence-electron chi connectivity index (χ0n) is 11.9. The Morgan fingerprint density at radius 1 is 1.18 bits per heavy atom.